The van der Waals surface area contributed by atoms with Gasteiger partial charge in [0, 0.05) is 39.1 Å². The Morgan fingerprint density at radius 3 is 2.50 bits per heavy atom. The Labute approximate surface area is 135 Å². The molecule has 1 aliphatic rings. The summed E-state index contributed by atoms with van der Waals surface area (Å²) < 4.78 is 0. The summed E-state index contributed by atoms with van der Waals surface area (Å²) in [5.41, 5.74) is 1.90. The molecule has 0 amide bonds. The van der Waals surface area contributed by atoms with Crippen molar-refractivity contribution in [3.05, 3.63) is 35.4 Å². The van der Waals surface area contributed by atoms with Crippen LogP contribution < -0.4 is 0 Å². The van der Waals surface area contributed by atoms with Crippen LogP contribution in [0.25, 0.3) is 0 Å². The van der Waals surface area contributed by atoms with Gasteiger partial charge in [-0.3, -0.25) is 0 Å². The van der Waals surface area contributed by atoms with Crippen LogP contribution in [0.4, 0.5) is 0 Å². The number of rotatable bonds is 6. The molecule has 1 aromatic rings. The van der Waals surface area contributed by atoms with Gasteiger partial charge in [0.2, 0.25) is 0 Å². The number of hydrogen-bond donors (Lipinski definition) is 1. The van der Waals surface area contributed by atoms with E-state index in [9.17, 15) is 5.11 Å². The van der Waals surface area contributed by atoms with Crippen molar-refractivity contribution < 1.29 is 5.11 Å². The van der Waals surface area contributed by atoms with Crippen molar-refractivity contribution in [3.63, 3.8) is 0 Å². The summed E-state index contributed by atoms with van der Waals surface area (Å²) in [4.78, 5) is 4.88. The zero-order chi connectivity index (χ0) is 16.2. The molecular weight excluding hydrogens is 272 g/mol. The lowest BCUT2D eigenvalue weighted by Gasteiger charge is -2.39. The fourth-order valence-electron chi connectivity index (χ4n) is 3.41. The second kappa shape index (κ2) is 7.58. The molecule has 1 fully saturated rings. The van der Waals surface area contributed by atoms with Gasteiger partial charge in [-0.25, -0.2) is 0 Å². The Hall–Kier alpha value is -0.900. The largest absolute Gasteiger partial charge is 0.389 e. The first kappa shape index (κ1) is 17.5. The zero-order valence-electron chi connectivity index (χ0n) is 14.7. The van der Waals surface area contributed by atoms with Crippen molar-refractivity contribution in [3.8, 4) is 0 Å². The molecule has 0 radical (unpaired) electrons. The summed E-state index contributed by atoms with van der Waals surface area (Å²) >= 11 is 0. The van der Waals surface area contributed by atoms with Crippen molar-refractivity contribution in [2.24, 2.45) is 5.92 Å². The van der Waals surface area contributed by atoms with Crippen molar-refractivity contribution in [1.82, 2.24) is 9.80 Å². The van der Waals surface area contributed by atoms with Crippen LogP contribution in [0.15, 0.2) is 24.3 Å². The molecule has 2 unspecified atom stereocenters. The smallest absolute Gasteiger partial charge is 0.0722 e. The van der Waals surface area contributed by atoms with E-state index >= 15 is 0 Å². The van der Waals surface area contributed by atoms with Gasteiger partial charge < -0.3 is 14.9 Å². The van der Waals surface area contributed by atoms with E-state index in [1.807, 2.05) is 0 Å². The van der Waals surface area contributed by atoms with E-state index in [0.717, 1.165) is 45.6 Å². The van der Waals surface area contributed by atoms with Crippen LogP contribution in [0, 0.1) is 12.8 Å². The maximum atomic E-state index is 11.2. The van der Waals surface area contributed by atoms with Gasteiger partial charge in [-0.2, -0.15) is 0 Å². The predicted octanol–water partition coefficient (Wildman–Crippen LogP) is 2.56. The lowest BCUT2D eigenvalue weighted by Crippen LogP contribution is -2.50. The number of nitrogens with zero attached hydrogens (tertiary/aromatic N) is 2. The van der Waals surface area contributed by atoms with Crippen LogP contribution in [0.1, 0.15) is 31.4 Å². The number of aryl methyl sites for hydroxylation is 1. The average Bonchev–Trinajstić information content (AvgIpc) is 2.49. The molecule has 124 valence electrons. The molecule has 2 rings (SSSR count). The van der Waals surface area contributed by atoms with Crippen LogP contribution in [-0.4, -0.2) is 60.3 Å². The van der Waals surface area contributed by atoms with E-state index < -0.39 is 5.60 Å². The van der Waals surface area contributed by atoms with Gasteiger partial charge in [0.05, 0.1) is 5.60 Å². The highest BCUT2D eigenvalue weighted by Crippen LogP contribution is 2.27. The summed E-state index contributed by atoms with van der Waals surface area (Å²) in [5, 5.41) is 11.2. The third kappa shape index (κ3) is 4.55. The first-order chi connectivity index (χ1) is 10.4. The number of likely N-dealkylation sites (N-methyl/N-ethyl adjacent to an activating group) is 1. The summed E-state index contributed by atoms with van der Waals surface area (Å²) in [5.74, 6) is 0.279. The third-order valence-corrected chi connectivity index (χ3v) is 5.25. The summed E-state index contributed by atoms with van der Waals surface area (Å²) in [6, 6.07) is 8.54. The van der Waals surface area contributed by atoms with Crippen LogP contribution in [0.3, 0.4) is 0 Å². The number of benzene rings is 1. The highest BCUT2D eigenvalue weighted by atomic mass is 16.3. The van der Waals surface area contributed by atoms with Crippen molar-refractivity contribution in [2.45, 2.75) is 39.2 Å². The number of aliphatic hydroxyl groups is 1. The van der Waals surface area contributed by atoms with E-state index in [0.29, 0.717) is 0 Å². The molecule has 0 spiro atoms. The third-order valence-electron chi connectivity index (χ3n) is 5.25. The molecule has 0 aromatic heterocycles. The molecule has 0 saturated carbocycles. The molecule has 3 nitrogen and oxygen atoms in total. The fraction of sp³-hybridized carbons (Fsp3) is 0.684. The van der Waals surface area contributed by atoms with Gasteiger partial charge >= 0.3 is 0 Å². The van der Waals surface area contributed by atoms with E-state index in [2.05, 4.69) is 61.9 Å². The molecule has 1 saturated heterocycles. The SMILES string of the molecule is CCC(O)(Cc1cccc(C)c1)C(C)CN1CCN(C)CC1. The first-order valence-corrected chi connectivity index (χ1v) is 8.62. The number of piperazine rings is 1. The quantitative estimate of drug-likeness (QED) is 0.875. The minimum atomic E-state index is -0.614. The molecule has 1 heterocycles. The molecule has 1 N–H and O–H groups in total. The van der Waals surface area contributed by atoms with Gasteiger partial charge in [0.1, 0.15) is 0 Å². The maximum Gasteiger partial charge on any atom is 0.0722 e. The second-order valence-electron chi connectivity index (χ2n) is 7.13. The maximum absolute atomic E-state index is 11.2. The molecule has 0 bridgehead atoms. The van der Waals surface area contributed by atoms with Gasteiger partial charge in [-0.15, -0.1) is 0 Å². The Morgan fingerprint density at radius 1 is 1.23 bits per heavy atom. The lowest BCUT2D eigenvalue weighted by atomic mass is 9.80. The summed E-state index contributed by atoms with van der Waals surface area (Å²) in [6.07, 6.45) is 1.55. The summed E-state index contributed by atoms with van der Waals surface area (Å²) in [7, 11) is 2.18. The van der Waals surface area contributed by atoms with Crippen LogP contribution in [0.5, 0.6) is 0 Å². The van der Waals surface area contributed by atoms with Crippen LogP contribution in [0.2, 0.25) is 0 Å². The topological polar surface area (TPSA) is 26.7 Å². The molecule has 3 heteroatoms. The zero-order valence-corrected chi connectivity index (χ0v) is 14.7. The minimum absolute atomic E-state index is 0.279. The van der Waals surface area contributed by atoms with Crippen molar-refractivity contribution >= 4 is 0 Å². The Bertz CT molecular complexity index is 468. The average molecular weight is 304 g/mol. The monoisotopic (exact) mass is 304 g/mol. The summed E-state index contributed by atoms with van der Waals surface area (Å²) in [6.45, 7) is 11.9. The molecular formula is C19H32N2O. The minimum Gasteiger partial charge on any atom is -0.389 e. The molecule has 1 aliphatic heterocycles. The fourth-order valence-corrected chi connectivity index (χ4v) is 3.41. The molecule has 22 heavy (non-hydrogen) atoms. The molecule has 0 aliphatic carbocycles. The Morgan fingerprint density at radius 2 is 1.91 bits per heavy atom. The standard InChI is InChI=1S/C19H32N2O/c1-5-19(22,14-18-8-6-7-16(2)13-18)17(3)15-21-11-9-20(4)10-12-21/h6-8,13,17,22H,5,9-12,14-15H2,1-4H3. The highest BCUT2D eigenvalue weighted by molar-refractivity contribution is 5.23. The van der Waals surface area contributed by atoms with E-state index in [-0.39, 0.29) is 5.92 Å². The van der Waals surface area contributed by atoms with E-state index in [1.165, 1.54) is 11.1 Å². The van der Waals surface area contributed by atoms with Crippen molar-refractivity contribution in [2.75, 3.05) is 39.8 Å². The van der Waals surface area contributed by atoms with Gasteiger partial charge in [-0.05, 0) is 31.9 Å². The second-order valence-corrected chi connectivity index (χ2v) is 7.13. The molecule has 1 aromatic carbocycles. The Balaban J connectivity index is 1.98. The van der Waals surface area contributed by atoms with Crippen LogP contribution in [-0.2, 0) is 6.42 Å². The highest BCUT2D eigenvalue weighted by Gasteiger charge is 2.33. The Kier molecular flexibility index (Phi) is 6.01. The van der Waals surface area contributed by atoms with Gasteiger partial charge in [0.15, 0.2) is 0 Å². The van der Waals surface area contributed by atoms with Crippen LogP contribution >= 0.6 is 0 Å². The number of hydrogen-bond acceptors (Lipinski definition) is 3. The predicted molar refractivity (Wildman–Crippen MR) is 93.2 cm³/mol. The van der Waals surface area contributed by atoms with Gasteiger partial charge in [0.25, 0.3) is 0 Å². The van der Waals surface area contributed by atoms with Crippen molar-refractivity contribution in [1.29, 1.82) is 0 Å². The van der Waals surface area contributed by atoms with Gasteiger partial charge in [-0.1, -0.05) is 43.7 Å². The first-order valence-electron chi connectivity index (χ1n) is 8.62. The lowest BCUT2D eigenvalue weighted by molar-refractivity contribution is -0.0314. The molecule has 2 atom stereocenters. The van der Waals surface area contributed by atoms with E-state index in [1.54, 1.807) is 0 Å². The van der Waals surface area contributed by atoms with E-state index in [4.69, 9.17) is 0 Å². The normalized spacial score (nSPS) is 21.5.